The van der Waals surface area contributed by atoms with Crippen LogP contribution in [0.25, 0.3) is 0 Å². The van der Waals surface area contributed by atoms with Crippen molar-refractivity contribution in [3.05, 3.63) is 65.2 Å². The van der Waals surface area contributed by atoms with Gasteiger partial charge in [-0.05, 0) is 47.4 Å². The third-order valence-corrected chi connectivity index (χ3v) is 7.84. The van der Waals surface area contributed by atoms with Crippen molar-refractivity contribution in [2.75, 3.05) is 39.3 Å². The number of rotatable bonds is 10. The van der Waals surface area contributed by atoms with Gasteiger partial charge in [0.1, 0.15) is 18.5 Å². The van der Waals surface area contributed by atoms with Crippen molar-refractivity contribution in [2.24, 2.45) is 0 Å². The van der Waals surface area contributed by atoms with Crippen molar-refractivity contribution in [2.45, 2.75) is 71.3 Å². The maximum Gasteiger partial charge on any atom is 0.253 e. The molecule has 2 aromatic rings. The first kappa shape index (κ1) is 27.2. The van der Waals surface area contributed by atoms with Gasteiger partial charge in [0.05, 0.1) is 0 Å². The molecule has 0 bridgehead atoms. The van der Waals surface area contributed by atoms with Crippen LogP contribution in [0.4, 0.5) is 0 Å². The third kappa shape index (κ3) is 6.86. The fraction of sp³-hybridized carbons (Fsp3) is 0.567. The SMILES string of the molecule is CCC(C)(C)c1ccc(OC[C@@H](O)CN2CCN(C(=O)c3ccccc3)CC2)c(C(C)(C)CC)c1. The second-order valence-electron chi connectivity index (χ2n) is 11.1. The highest BCUT2D eigenvalue weighted by molar-refractivity contribution is 5.94. The predicted molar refractivity (Wildman–Crippen MR) is 143 cm³/mol. The Hall–Kier alpha value is -2.37. The minimum absolute atomic E-state index is 0.0122. The molecule has 1 heterocycles. The molecule has 0 unspecified atom stereocenters. The van der Waals surface area contributed by atoms with Gasteiger partial charge >= 0.3 is 0 Å². The van der Waals surface area contributed by atoms with E-state index in [1.54, 1.807) is 0 Å². The molecule has 3 rings (SSSR count). The van der Waals surface area contributed by atoms with Gasteiger partial charge in [-0.15, -0.1) is 0 Å². The maximum absolute atomic E-state index is 12.7. The van der Waals surface area contributed by atoms with E-state index in [1.807, 2.05) is 35.2 Å². The van der Waals surface area contributed by atoms with E-state index in [9.17, 15) is 9.90 Å². The fourth-order valence-corrected chi connectivity index (χ4v) is 4.43. The van der Waals surface area contributed by atoms with Gasteiger partial charge in [-0.3, -0.25) is 9.69 Å². The number of β-amino-alcohol motifs (C(OH)–C–C–N with tert-alkyl or cyclic N) is 1. The molecule has 1 aliphatic rings. The number of carbonyl (C=O) groups excluding carboxylic acids is 1. The van der Waals surface area contributed by atoms with E-state index >= 15 is 0 Å². The van der Waals surface area contributed by atoms with E-state index < -0.39 is 6.10 Å². The van der Waals surface area contributed by atoms with E-state index in [1.165, 1.54) is 11.1 Å². The molecule has 0 saturated carbocycles. The van der Waals surface area contributed by atoms with E-state index in [2.05, 4.69) is 64.6 Å². The number of carbonyl (C=O) groups is 1. The molecule has 0 aliphatic carbocycles. The Balaban J connectivity index is 1.57. The molecule has 1 saturated heterocycles. The Bertz CT molecular complexity index is 963. The second-order valence-corrected chi connectivity index (χ2v) is 11.1. The zero-order chi connectivity index (χ0) is 25.6. The average Bonchev–Trinajstić information content (AvgIpc) is 2.87. The largest absolute Gasteiger partial charge is 0.491 e. The molecule has 1 N–H and O–H groups in total. The zero-order valence-electron chi connectivity index (χ0n) is 22.5. The smallest absolute Gasteiger partial charge is 0.253 e. The molecule has 1 amide bonds. The lowest BCUT2D eigenvalue weighted by atomic mass is 9.76. The summed E-state index contributed by atoms with van der Waals surface area (Å²) in [7, 11) is 0. The molecule has 1 atom stereocenters. The van der Waals surface area contributed by atoms with Gasteiger partial charge in [0.2, 0.25) is 0 Å². The first-order valence-electron chi connectivity index (χ1n) is 13.1. The molecule has 192 valence electrons. The highest BCUT2D eigenvalue weighted by Gasteiger charge is 2.28. The highest BCUT2D eigenvalue weighted by atomic mass is 16.5. The molecule has 0 spiro atoms. The minimum atomic E-state index is -0.587. The average molecular weight is 481 g/mol. The van der Waals surface area contributed by atoms with Crippen LogP contribution in [0.3, 0.4) is 0 Å². The molecule has 0 radical (unpaired) electrons. The lowest BCUT2D eigenvalue weighted by Crippen LogP contribution is -2.51. The summed E-state index contributed by atoms with van der Waals surface area (Å²) in [6, 6.07) is 16.0. The van der Waals surface area contributed by atoms with Crippen LogP contribution >= 0.6 is 0 Å². The van der Waals surface area contributed by atoms with Gasteiger partial charge < -0.3 is 14.7 Å². The van der Waals surface area contributed by atoms with Crippen molar-refractivity contribution in [3.63, 3.8) is 0 Å². The molecule has 1 aliphatic heterocycles. The standard InChI is InChI=1S/C30H44N2O3/c1-7-29(3,4)24-14-15-27(26(20-24)30(5,6)8-2)35-22-25(33)21-31-16-18-32(19-17-31)28(34)23-12-10-9-11-13-23/h9-15,20,25,33H,7-8,16-19,21-22H2,1-6H3/t25-/m0/s1. The molecule has 5 heteroatoms. The lowest BCUT2D eigenvalue weighted by Gasteiger charge is -2.35. The van der Waals surface area contributed by atoms with E-state index in [-0.39, 0.29) is 23.3 Å². The van der Waals surface area contributed by atoms with Crippen molar-refractivity contribution >= 4 is 5.91 Å². The fourth-order valence-electron chi connectivity index (χ4n) is 4.43. The lowest BCUT2D eigenvalue weighted by molar-refractivity contribution is 0.0400. The predicted octanol–water partition coefficient (Wildman–Crippen LogP) is 5.26. The number of amides is 1. The van der Waals surface area contributed by atoms with Crippen LogP contribution in [0, 0.1) is 0 Å². The van der Waals surface area contributed by atoms with Gasteiger partial charge in [0, 0.05) is 43.9 Å². The van der Waals surface area contributed by atoms with Crippen LogP contribution < -0.4 is 4.74 Å². The van der Waals surface area contributed by atoms with Crippen LogP contribution in [-0.2, 0) is 10.8 Å². The molecular weight excluding hydrogens is 436 g/mol. The second kappa shape index (κ2) is 11.6. The van der Waals surface area contributed by atoms with Crippen LogP contribution in [0.5, 0.6) is 5.75 Å². The van der Waals surface area contributed by atoms with Crippen LogP contribution in [0.15, 0.2) is 48.5 Å². The van der Waals surface area contributed by atoms with Crippen LogP contribution in [0.2, 0.25) is 0 Å². The Kier molecular flexibility index (Phi) is 9.00. The molecule has 35 heavy (non-hydrogen) atoms. The first-order valence-corrected chi connectivity index (χ1v) is 13.1. The summed E-state index contributed by atoms with van der Waals surface area (Å²) in [5.41, 5.74) is 3.36. The molecule has 1 fully saturated rings. The summed E-state index contributed by atoms with van der Waals surface area (Å²) in [6.07, 6.45) is 1.49. The Morgan fingerprint density at radius 1 is 0.943 bits per heavy atom. The summed E-state index contributed by atoms with van der Waals surface area (Å²) in [4.78, 5) is 16.8. The summed E-state index contributed by atoms with van der Waals surface area (Å²) in [6.45, 7) is 17.2. The number of nitrogens with zero attached hydrogens (tertiary/aromatic N) is 2. The highest BCUT2D eigenvalue weighted by Crippen LogP contribution is 2.38. The zero-order valence-corrected chi connectivity index (χ0v) is 22.5. The summed E-state index contributed by atoms with van der Waals surface area (Å²) in [5.74, 6) is 0.944. The maximum atomic E-state index is 12.7. The minimum Gasteiger partial charge on any atom is -0.491 e. The van der Waals surface area contributed by atoms with Crippen molar-refractivity contribution < 1.29 is 14.6 Å². The van der Waals surface area contributed by atoms with Crippen molar-refractivity contribution in [1.29, 1.82) is 0 Å². The molecule has 2 aromatic carbocycles. The van der Waals surface area contributed by atoms with Gasteiger partial charge in [-0.25, -0.2) is 0 Å². The number of piperazine rings is 1. The quantitative estimate of drug-likeness (QED) is 0.504. The van der Waals surface area contributed by atoms with Crippen LogP contribution in [0.1, 0.15) is 75.9 Å². The van der Waals surface area contributed by atoms with E-state index in [0.717, 1.165) is 37.2 Å². The molecular formula is C30H44N2O3. The van der Waals surface area contributed by atoms with Crippen molar-refractivity contribution in [3.8, 4) is 5.75 Å². The summed E-state index contributed by atoms with van der Waals surface area (Å²) < 4.78 is 6.21. The Morgan fingerprint density at radius 3 is 2.17 bits per heavy atom. The van der Waals surface area contributed by atoms with E-state index in [0.29, 0.717) is 19.6 Å². The molecule has 0 aromatic heterocycles. The van der Waals surface area contributed by atoms with Gasteiger partial charge in [-0.1, -0.05) is 71.9 Å². The topological polar surface area (TPSA) is 53.0 Å². The molecule has 5 nitrogen and oxygen atoms in total. The summed E-state index contributed by atoms with van der Waals surface area (Å²) in [5, 5.41) is 10.7. The number of hydrogen-bond acceptors (Lipinski definition) is 4. The normalized spacial score (nSPS) is 16.3. The third-order valence-electron chi connectivity index (χ3n) is 7.84. The number of aliphatic hydroxyl groups excluding tert-OH is 1. The van der Waals surface area contributed by atoms with E-state index in [4.69, 9.17) is 4.74 Å². The Morgan fingerprint density at radius 2 is 1.57 bits per heavy atom. The Labute approximate surface area is 212 Å². The van der Waals surface area contributed by atoms with Gasteiger partial charge in [0.15, 0.2) is 0 Å². The van der Waals surface area contributed by atoms with Gasteiger partial charge in [-0.2, -0.15) is 0 Å². The summed E-state index contributed by atoms with van der Waals surface area (Å²) >= 11 is 0. The van der Waals surface area contributed by atoms with Crippen molar-refractivity contribution in [1.82, 2.24) is 9.80 Å². The number of benzene rings is 2. The van der Waals surface area contributed by atoms with Crippen LogP contribution in [-0.4, -0.2) is 66.2 Å². The number of aliphatic hydroxyl groups is 1. The first-order chi connectivity index (χ1) is 16.6. The number of ether oxygens (including phenoxy) is 1. The van der Waals surface area contributed by atoms with Gasteiger partial charge in [0.25, 0.3) is 5.91 Å². The number of hydrogen-bond donors (Lipinski definition) is 1. The monoisotopic (exact) mass is 480 g/mol.